The molecule has 3 N–H and O–H groups in total. The number of rotatable bonds is 6. The maximum atomic E-state index is 12.8. The van der Waals surface area contributed by atoms with Gasteiger partial charge in [0, 0.05) is 12.0 Å². The van der Waals surface area contributed by atoms with Crippen LogP contribution in [0.4, 0.5) is 18.9 Å². The molecule has 1 aromatic carbocycles. The highest BCUT2D eigenvalue weighted by Crippen LogP contribution is 2.34. The number of hydrogen-bond acceptors (Lipinski definition) is 2. The Hall–Kier alpha value is -1.56. The van der Waals surface area contributed by atoms with Crippen LogP contribution < -0.4 is 11.1 Å². The predicted octanol–water partition coefficient (Wildman–Crippen LogP) is 3.80. The van der Waals surface area contributed by atoms with E-state index in [1.165, 1.54) is 18.2 Å². The molecule has 1 rings (SSSR count). The number of anilines is 1. The number of amides is 1. The summed E-state index contributed by atoms with van der Waals surface area (Å²) in [4.78, 5) is 12.0. The fourth-order valence-electron chi connectivity index (χ4n) is 1.97. The Morgan fingerprint density at radius 3 is 2.43 bits per heavy atom. The number of benzene rings is 1. The molecule has 21 heavy (non-hydrogen) atoms. The molecule has 0 heterocycles. The second-order valence-electron chi connectivity index (χ2n) is 5.34. The third-order valence-electron chi connectivity index (χ3n) is 3.23. The molecule has 0 aliphatic heterocycles. The van der Waals surface area contributed by atoms with E-state index < -0.39 is 17.6 Å². The van der Waals surface area contributed by atoms with Crippen molar-refractivity contribution in [3.8, 4) is 0 Å². The minimum atomic E-state index is -4.48. The van der Waals surface area contributed by atoms with Crippen molar-refractivity contribution < 1.29 is 18.0 Å². The molecule has 0 aromatic heterocycles. The van der Waals surface area contributed by atoms with Gasteiger partial charge in [0.25, 0.3) is 0 Å². The monoisotopic (exact) mass is 302 g/mol. The fourth-order valence-corrected chi connectivity index (χ4v) is 1.97. The van der Waals surface area contributed by atoms with Crippen LogP contribution in [0.2, 0.25) is 0 Å². The maximum absolute atomic E-state index is 12.8. The topological polar surface area (TPSA) is 55.1 Å². The molecule has 6 heteroatoms. The van der Waals surface area contributed by atoms with Crippen molar-refractivity contribution >= 4 is 11.6 Å². The summed E-state index contributed by atoms with van der Waals surface area (Å²) in [5.41, 5.74) is 4.59. The Morgan fingerprint density at radius 1 is 1.24 bits per heavy atom. The van der Waals surface area contributed by atoms with Crippen LogP contribution in [0, 0.1) is 5.92 Å². The number of carbonyl (C=O) groups is 1. The Morgan fingerprint density at radius 2 is 1.86 bits per heavy atom. The third kappa shape index (κ3) is 5.75. The van der Waals surface area contributed by atoms with Gasteiger partial charge in [-0.1, -0.05) is 25.5 Å². The van der Waals surface area contributed by atoms with Crippen LogP contribution in [-0.2, 0) is 11.0 Å². The standard InChI is InChI=1S/C15H21F3N2O/c1-10(6-5-7-11(2)19)14(21)20-13-9-4-3-8-12(13)15(16,17)18/h3-4,8-11H,5-7,19H2,1-2H3,(H,20,21). The van der Waals surface area contributed by atoms with E-state index >= 15 is 0 Å². The van der Waals surface area contributed by atoms with Crippen LogP contribution in [0.1, 0.15) is 38.7 Å². The van der Waals surface area contributed by atoms with Crippen LogP contribution in [-0.4, -0.2) is 11.9 Å². The van der Waals surface area contributed by atoms with Gasteiger partial charge < -0.3 is 11.1 Å². The molecular weight excluding hydrogens is 281 g/mol. The molecule has 0 radical (unpaired) electrons. The first-order valence-electron chi connectivity index (χ1n) is 6.94. The van der Waals surface area contributed by atoms with E-state index in [1.54, 1.807) is 6.92 Å². The van der Waals surface area contributed by atoms with Crippen molar-refractivity contribution in [1.82, 2.24) is 0 Å². The van der Waals surface area contributed by atoms with E-state index in [0.717, 1.165) is 18.9 Å². The first-order chi connectivity index (χ1) is 9.71. The summed E-state index contributed by atoms with van der Waals surface area (Å²) < 4.78 is 38.5. The van der Waals surface area contributed by atoms with Gasteiger partial charge in [-0.2, -0.15) is 13.2 Å². The number of carbonyl (C=O) groups excluding carboxylic acids is 1. The van der Waals surface area contributed by atoms with E-state index in [4.69, 9.17) is 5.73 Å². The van der Waals surface area contributed by atoms with Gasteiger partial charge >= 0.3 is 6.18 Å². The highest BCUT2D eigenvalue weighted by atomic mass is 19.4. The second-order valence-corrected chi connectivity index (χ2v) is 5.34. The average molecular weight is 302 g/mol. The summed E-state index contributed by atoms with van der Waals surface area (Å²) >= 11 is 0. The Bertz CT molecular complexity index is 472. The normalized spacial score (nSPS) is 14.6. The quantitative estimate of drug-likeness (QED) is 0.840. The van der Waals surface area contributed by atoms with Gasteiger partial charge in [-0.05, 0) is 31.9 Å². The first kappa shape index (κ1) is 17.5. The lowest BCUT2D eigenvalue weighted by Crippen LogP contribution is -2.23. The molecule has 1 aromatic rings. The molecular formula is C15H21F3N2O. The van der Waals surface area contributed by atoms with E-state index in [2.05, 4.69) is 5.32 Å². The first-order valence-corrected chi connectivity index (χ1v) is 6.94. The van der Waals surface area contributed by atoms with Crippen molar-refractivity contribution in [1.29, 1.82) is 0 Å². The average Bonchev–Trinajstić information content (AvgIpc) is 2.37. The molecule has 0 saturated heterocycles. The smallest absolute Gasteiger partial charge is 0.328 e. The maximum Gasteiger partial charge on any atom is 0.418 e. The van der Waals surface area contributed by atoms with Crippen LogP contribution in [0.25, 0.3) is 0 Å². The fraction of sp³-hybridized carbons (Fsp3) is 0.533. The van der Waals surface area contributed by atoms with Gasteiger partial charge in [-0.3, -0.25) is 4.79 Å². The molecule has 2 atom stereocenters. The van der Waals surface area contributed by atoms with Gasteiger partial charge in [0.2, 0.25) is 5.91 Å². The molecule has 0 aliphatic rings. The van der Waals surface area contributed by atoms with E-state index in [0.29, 0.717) is 6.42 Å². The number of para-hydroxylation sites is 1. The Labute approximate surface area is 122 Å². The number of nitrogens with two attached hydrogens (primary N) is 1. The summed E-state index contributed by atoms with van der Waals surface area (Å²) in [7, 11) is 0. The largest absolute Gasteiger partial charge is 0.418 e. The van der Waals surface area contributed by atoms with Crippen molar-refractivity contribution in [2.24, 2.45) is 11.7 Å². The number of halogens is 3. The zero-order valence-corrected chi connectivity index (χ0v) is 12.2. The highest BCUT2D eigenvalue weighted by molar-refractivity contribution is 5.93. The molecule has 2 unspecified atom stereocenters. The van der Waals surface area contributed by atoms with Gasteiger partial charge in [0.05, 0.1) is 11.3 Å². The Kier molecular flexibility index (Phi) is 6.20. The molecule has 3 nitrogen and oxygen atoms in total. The molecule has 0 fully saturated rings. The minimum Gasteiger partial charge on any atom is -0.328 e. The summed E-state index contributed by atoms with van der Waals surface area (Å²) in [6.45, 7) is 3.58. The van der Waals surface area contributed by atoms with Crippen molar-refractivity contribution in [3.63, 3.8) is 0 Å². The third-order valence-corrected chi connectivity index (χ3v) is 3.23. The van der Waals surface area contributed by atoms with Crippen LogP contribution in [0.5, 0.6) is 0 Å². The SMILES string of the molecule is CC(N)CCCC(C)C(=O)Nc1ccccc1C(F)(F)F. The van der Waals surface area contributed by atoms with E-state index in [1.807, 2.05) is 6.92 Å². The number of hydrogen-bond donors (Lipinski definition) is 2. The lowest BCUT2D eigenvalue weighted by molar-refractivity contribution is -0.137. The number of nitrogens with one attached hydrogen (secondary N) is 1. The molecule has 118 valence electrons. The summed E-state index contributed by atoms with van der Waals surface area (Å²) in [5.74, 6) is -0.763. The molecule has 0 saturated carbocycles. The summed E-state index contributed by atoms with van der Waals surface area (Å²) in [5, 5.41) is 2.36. The van der Waals surface area contributed by atoms with Gasteiger partial charge in [0.15, 0.2) is 0 Å². The van der Waals surface area contributed by atoms with Gasteiger partial charge in [0.1, 0.15) is 0 Å². The summed E-state index contributed by atoms with van der Waals surface area (Å²) in [6.07, 6.45) is -2.33. The molecule has 1 amide bonds. The Balaban J connectivity index is 2.67. The van der Waals surface area contributed by atoms with E-state index in [9.17, 15) is 18.0 Å². The van der Waals surface area contributed by atoms with Gasteiger partial charge in [-0.15, -0.1) is 0 Å². The van der Waals surface area contributed by atoms with Crippen LogP contribution >= 0.6 is 0 Å². The second kappa shape index (κ2) is 7.45. The van der Waals surface area contributed by atoms with Crippen LogP contribution in [0.3, 0.4) is 0 Å². The highest BCUT2D eigenvalue weighted by Gasteiger charge is 2.33. The van der Waals surface area contributed by atoms with Crippen molar-refractivity contribution in [2.75, 3.05) is 5.32 Å². The zero-order chi connectivity index (χ0) is 16.0. The minimum absolute atomic E-state index is 0.0613. The van der Waals surface area contributed by atoms with E-state index in [-0.39, 0.29) is 17.6 Å². The van der Waals surface area contributed by atoms with Crippen molar-refractivity contribution in [2.45, 2.75) is 45.3 Å². The van der Waals surface area contributed by atoms with Crippen LogP contribution in [0.15, 0.2) is 24.3 Å². The van der Waals surface area contributed by atoms with Crippen molar-refractivity contribution in [3.05, 3.63) is 29.8 Å². The number of alkyl halides is 3. The summed E-state index contributed by atoms with van der Waals surface area (Å²) in [6, 6.07) is 5.04. The molecule has 0 spiro atoms. The molecule has 0 aliphatic carbocycles. The predicted molar refractivity (Wildman–Crippen MR) is 76.7 cm³/mol. The zero-order valence-electron chi connectivity index (χ0n) is 12.2. The van der Waals surface area contributed by atoms with Gasteiger partial charge in [-0.25, -0.2) is 0 Å². The molecule has 0 bridgehead atoms. The lowest BCUT2D eigenvalue weighted by Gasteiger charge is -2.16. The lowest BCUT2D eigenvalue weighted by atomic mass is 10.0.